The van der Waals surface area contributed by atoms with Gasteiger partial charge in [0, 0.05) is 5.71 Å². The van der Waals surface area contributed by atoms with E-state index >= 15 is 0 Å². The van der Waals surface area contributed by atoms with Crippen molar-refractivity contribution in [1.82, 2.24) is 0 Å². The Bertz CT molecular complexity index is 156. The smallest absolute Gasteiger partial charge is 0.0534 e. The zero-order valence-corrected chi connectivity index (χ0v) is 6.26. The first-order valence-corrected chi connectivity index (χ1v) is 3.43. The van der Waals surface area contributed by atoms with Crippen LogP contribution in [0.25, 0.3) is 0 Å². The standard InChI is InChI=1S/C8H13N/c1-6-4-5-7(2)9-8(6)3/h4-6,8H,1-3H3/t6-,8?/m1/s1. The highest BCUT2D eigenvalue weighted by molar-refractivity contribution is 5.93. The van der Waals surface area contributed by atoms with Crippen molar-refractivity contribution in [2.75, 3.05) is 0 Å². The van der Waals surface area contributed by atoms with Gasteiger partial charge in [-0.05, 0) is 25.8 Å². The Kier molecular flexibility index (Phi) is 1.70. The van der Waals surface area contributed by atoms with Crippen molar-refractivity contribution < 1.29 is 0 Å². The monoisotopic (exact) mass is 123 g/mol. The van der Waals surface area contributed by atoms with Gasteiger partial charge in [0.25, 0.3) is 0 Å². The van der Waals surface area contributed by atoms with Gasteiger partial charge in [0.05, 0.1) is 6.04 Å². The van der Waals surface area contributed by atoms with Gasteiger partial charge in [-0.15, -0.1) is 0 Å². The summed E-state index contributed by atoms with van der Waals surface area (Å²) in [5, 5.41) is 0. The molecule has 0 spiro atoms. The lowest BCUT2D eigenvalue weighted by molar-refractivity contribution is 0.578. The third-order valence-electron chi connectivity index (χ3n) is 1.81. The van der Waals surface area contributed by atoms with Gasteiger partial charge in [-0.2, -0.15) is 0 Å². The predicted molar refractivity (Wildman–Crippen MR) is 40.9 cm³/mol. The van der Waals surface area contributed by atoms with Crippen LogP contribution in [0.5, 0.6) is 0 Å². The van der Waals surface area contributed by atoms with Crippen LogP contribution < -0.4 is 0 Å². The van der Waals surface area contributed by atoms with Gasteiger partial charge in [-0.3, -0.25) is 4.99 Å². The van der Waals surface area contributed by atoms with E-state index in [1.165, 1.54) is 0 Å². The largest absolute Gasteiger partial charge is 0.286 e. The number of dihydropyridines is 1. The quantitative estimate of drug-likeness (QED) is 0.467. The van der Waals surface area contributed by atoms with Crippen LogP contribution in [-0.4, -0.2) is 11.8 Å². The fourth-order valence-electron chi connectivity index (χ4n) is 0.934. The molecule has 9 heavy (non-hydrogen) atoms. The zero-order chi connectivity index (χ0) is 6.85. The van der Waals surface area contributed by atoms with Crippen molar-refractivity contribution in [2.45, 2.75) is 26.8 Å². The summed E-state index contributed by atoms with van der Waals surface area (Å²) in [6.45, 7) is 6.38. The van der Waals surface area contributed by atoms with Crippen molar-refractivity contribution in [3.8, 4) is 0 Å². The fraction of sp³-hybridized carbons (Fsp3) is 0.625. The van der Waals surface area contributed by atoms with E-state index in [1.807, 2.05) is 6.92 Å². The van der Waals surface area contributed by atoms with Crippen LogP contribution in [0.3, 0.4) is 0 Å². The summed E-state index contributed by atoms with van der Waals surface area (Å²) < 4.78 is 0. The molecule has 1 aliphatic heterocycles. The minimum absolute atomic E-state index is 0.481. The molecular weight excluding hydrogens is 110 g/mol. The van der Waals surface area contributed by atoms with E-state index in [0.717, 1.165) is 5.71 Å². The number of aliphatic imine (C=N–C) groups is 1. The maximum atomic E-state index is 4.39. The van der Waals surface area contributed by atoms with Crippen LogP contribution in [0, 0.1) is 5.92 Å². The van der Waals surface area contributed by atoms with Gasteiger partial charge in [0.15, 0.2) is 0 Å². The van der Waals surface area contributed by atoms with Crippen molar-refractivity contribution >= 4 is 5.71 Å². The molecular formula is C8H13N. The normalized spacial score (nSPS) is 34.3. The molecule has 0 amide bonds. The van der Waals surface area contributed by atoms with Crippen LogP contribution in [-0.2, 0) is 0 Å². The summed E-state index contributed by atoms with van der Waals surface area (Å²) in [6.07, 6.45) is 4.30. The van der Waals surface area contributed by atoms with E-state index in [0.29, 0.717) is 12.0 Å². The lowest BCUT2D eigenvalue weighted by Crippen LogP contribution is -2.14. The minimum Gasteiger partial charge on any atom is -0.286 e. The summed E-state index contributed by atoms with van der Waals surface area (Å²) in [4.78, 5) is 4.39. The van der Waals surface area contributed by atoms with E-state index in [1.54, 1.807) is 0 Å². The number of rotatable bonds is 0. The highest BCUT2D eigenvalue weighted by Crippen LogP contribution is 2.12. The van der Waals surface area contributed by atoms with Gasteiger partial charge < -0.3 is 0 Å². The number of allylic oxidation sites excluding steroid dienone is 1. The summed E-state index contributed by atoms with van der Waals surface area (Å²) >= 11 is 0. The fourth-order valence-corrected chi connectivity index (χ4v) is 0.934. The van der Waals surface area contributed by atoms with Crippen molar-refractivity contribution in [3.63, 3.8) is 0 Å². The SMILES string of the molecule is CC1=NC(C)[C@H](C)C=C1. The van der Waals surface area contributed by atoms with Crippen LogP contribution in [0.15, 0.2) is 17.1 Å². The number of hydrogen-bond acceptors (Lipinski definition) is 1. The van der Waals surface area contributed by atoms with Gasteiger partial charge in [0.2, 0.25) is 0 Å². The van der Waals surface area contributed by atoms with Crippen LogP contribution in [0.2, 0.25) is 0 Å². The molecule has 1 heterocycles. The van der Waals surface area contributed by atoms with E-state index < -0.39 is 0 Å². The second kappa shape index (κ2) is 2.34. The van der Waals surface area contributed by atoms with Gasteiger partial charge >= 0.3 is 0 Å². The van der Waals surface area contributed by atoms with E-state index in [9.17, 15) is 0 Å². The molecule has 2 atom stereocenters. The molecule has 0 bridgehead atoms. The maximum Gasteiger partial charge on any atom is 0.0534 e. The Morgan fingerprint density at radius 2 is 2.11 bits per heavy atom. The molecule has 0 aromatic rings. The van der Waals surface area contributed by atoms with E-state index in [-0.39, 0.29) is 0 Å². The summed E-state index contributed by atoms with van der Waals surface area (Å²) in [7, 11) is 0. The molecule has 0 aromatic carbocycles. The second-order valence-electron chi connectivity index (χ2n) is 2.73. The van der Waals surface area contributed by atoms with E-state index in [2.05, 4.69) is 31.0 Å². The highest BCUT2D eigenvalue weighted by atomic mass is 14.8. The van der Waals surface area contributed by atoms with Crippen molar-refractivity contribution in [2.24, 2.45) is 10.9 Å². The number of hydrogen-bond donors (Lipinski definition) is 0. The van der Waals surface area contributed by atoms with Crippen molar-refractivity contribution in [1.29, 1.82) is 0 Å². The summed E-state index contributed by atoms with van der Waals surface area (Å²) in [6, 6.07) is 0.481. The van der Waals surface area contributed by atoms with Crippen LogP contribution >= 0.6 is 0 Å². The molecule has 1 heteroatoms. The maximum absolute atomic E-state index is 4.39. The first kappa shape index (κ1) is 6.53. The molecule has 50 valence electrons. The minimum atomic E-state index is 0.481. The van der Waals surface area contributed by atoms with E-state index in [4.69, 9.17) is 0 Å². The van der Waals surface area contributed by atoms with Crippen LogP contribution in [0.4, 0.5) is 0 Å². The summed E-state index contributed by atoms with van der Waals surface area (Å²) in [5.41, 5.74) is 1.15. The highest BCUT2D eigenvalue weighted by Gasteiger charge is 2.10. The third-order valence-corrected chi connectivity index (χ3v) is 1.81. The molecule has 1 unspecified atom stereocenters. The molecule has 0 fully saturated rings. The molecule has 1 aliphatic rings. The lowest BCUT2D eigenvalue weighted by atomic mass is 10.0. The Hall–Kier alpha value is -0.590. The molecule has 1 rings (SSSR count). The topological polar surface area (TPSA) is 12.4 Å². The Labute approximate surface area is 56.5 Å². The molecule has 0 aliphatic carbocycles. The molecule has 0 saturated carbocycles. The Morgan fingerprint density at radius 3 is 2.56 bits per heavy atom. The zero-order valence-electron chi connectivity index (χ0n) is 6.26. The number of nitrogens with zero attached hydrogens (tertiary/aromatic N) is 1. The third kappa shape index (κ3) is 1.41. The first-order valence-electron chi connectivity index (χ1n) is 3.43. The average Bonchev–Trinajstić information content (AvgIpc) is 1.80. The molecule has 0 aromatic heterocycles. The van der Waals surface area contributed by atoms with Gasteiger partial charge in [-0.1, -0.05) is 13.0 Å². The molecule has 1 nitrogen and oxygen atoms in total. The lowest BCUT2D eigenvalue weighted by Gasteiger charge is -2.16. The van der Waals surface area contributed by atoms with Crippen molar-refractivity contribution in [3.05, 3.63) is 12.2 Å². The molecule has 0 N–H and O–H groups in total. The summed E-state index contributed by atoms with van der Waals surface area (Å²) in [5.74, 6) is 0.619. The van der Waals surface area contributed by atoms with Crippen LogP contribution in [0.1, 0.15) is 20.8 Å². The second-order valence-corrected chi connectivity index (χ2v) is 2.73. The Balaban J connectivity index is 2.70. The predicted octanol–water partition coefficient (Wildman–Crippen LogP) is 2.04. The first-order chi connectivity index (χ1) is 4.20. The molecule has 0 saturated heterocycles. The van der Waals surface area contributed by atoms with Gasteiger partial charge in [0.1, 0.15) is 0 Å². The van der Waals surface area contributed by atoms with Gasteiger partial charge in [-0.25, -0.2) is 0 Å². The average molecular weight is 123 g/mol. The Morgan fingerprint density at radius 1 is 1.44 bits per heavy atom. The molecule has 0 radical (unpaired) electrons.